The maximum absolute atomic E-state index is 10.3. The average Bonchev–Trinajstić information content (AvgIpc) is 2.30. The van der Waals surface area contributed by atoms with Gasteiger partial charge in [-0.3, -0.25) is 0 Å². The fourth-order valence-corrected chi connectivity index (χ4v) is 1.54. The maximum Gasteiger partial charge on any atom is 0.334 e. The Morgan fingerprint density at radius 2 is 0.842 bits per heavy atom. The second-order valence-corrected chi connectivity index (χ2v) is 4.03. The monoisotopic (exact) mass is 322 g/mol. The molecule has 0 aromatic carbocycles. The largest absolute Gasteiger partial charge is 0.334 e. The zero-order valence-electron chi connectivity index (χ0n) is 10.8. The van der Waals surface area contributed by atoms with E-state index >= 15 is 0 Å². The van der Waals surface area contributed by atoms with Crippen molar-refractivity contribution in [2.45, 2.75) is 51.4 Å². The van der Waals surface area contributed by atoms with Crippen molar-refractivity contribution in [1.29, 1.82) is 0 Å². The minimum atomic E-state index is -2.91. The van der Waals surface area contributed by atoms with E-state index in [4.69, 9.17) is 0 Å². The molecule has 0 radical (unpaired) electrons. The van der Waals surface area contributed by atoms with Gasteiger partial charge in [-0.2, -0.15) is 17.6 Å². The Labute approximate surface area is 122 Å². The molecule has 0 nitrogen and oxygen atoms in total. The van der Waals surface area contributed by atoms with Gasteiger partial charge in [0.1, 0.15) is 0 Å². The first-order valence-corrected chi connectivity index (χ1v) is 6.31. The van der Waals surface area contributed by atoms with E-state index in [1.54, 1.807) is 0 Å². The van der Waals surface area contributed by atoms with Crippen LogP contribution in [0.5, 0.6) is 0 Å². The molecule has 0 spiro atoms. The Bertz CT molecular complexity index is 249. The van der Waals surface area contributed by atoms with Crippen LogP contribution >= 0.6 is 0 Å². The van der Waals surface area contributed by atoms with Crippen molar-refractivity contribution in [2.24, 2.45) is 0 Å². The molecule has 0 aliphatic heterocycles. The van der Waals surface area contributed by atoms with Crippen LogP contribution in [0.4, 0.5) is 17.6 Å². The Morgan fingerprint density at radius 3 is 1.16 bits per heavy atom. The summed E-state index contributed by atoms with van der Waals surface area (Å²) in [6.45, 7) is 0. The first kappa shape index (κ1) is 20.7. The summed E-state index contributed by atoms with van der Waals surface area (Å²) in [6, 6.07) is 0. The molecule has 0 atom stereocenters. The molecular weight excluding hydrogens is 303 g/mol. The van der Waals surface area contributed by atoms with Crippen LogP contribution in [0.2, 0.25) is 0 Å². The van der Waals surface area contributed by atoms with Gasteiger partial charge in [-0.1, -0.05) is 37.1 Å². The summed E-state index contributed by atoms with van der Waals surface area (Å²) in [5, 5.41) is 0. The maximum atomic E-state index is 10.3. The minimum Gasteiger partial charge on any atom is -0.167 e. The molecule has 114 valence electrons. The van der Waals surface area contributed by atoms with Gasteiger partial charge in [0.05, 0.1) is 0 Å². The Morgan fingerprint density at radius 1 is 0.526 bits per heavy atom. The van der Waals surface area contributed by atoms with E-state index < -0.39 is 12.2 Å². The fraction of sp³-hybridized carbons (Fsp3) is 0.571. The third-order valence-corrected chi connectivity index (χ3v) is 2.47. The zero-order chi connectivity index (χ0) is 13.6. The predicted molar refractivity (Wildman–Crippen MR) is 66.7 cm³/mol. The van der Waals surface area contributed by atoms with Gasteiger partial charge < -0.3 is 0 Å². The van der Waals surface area contributed by atoms with Crippen molar-refractivity contribution in [1.82, 2.24) is 0 Å². The number of hydrogen-bond donors (Lipinski definition) is 0. The molecule has 0 saturated heterocycles. The van der Waals surface area contributed by atoms with Gasteiger partial charge in [0, 0.05) is 16.5 Å². The molecule has 0 heterocycles. The predicted octanol–water partition coefficient (Wildman–Crippen LogP) is 6.22. The van der Waals surface area contributed by atoms with Crippen molar-refractivity contribution in [3.8, 4) is 0 Å². The smallest absolute Gasteiger partial charge is 0.167 e. The minimum absolute atomic E-state index is 0. The van der Waals surface area contributed by atoms with Crippen LogP contribution in [0.15, 0.2) is 36.5 Å². The average molecular weight is 323 g/mol. The van der Waals surface area contributed by atoms with E-state index in [1.807, 2.05) is 0 Å². The molecule has 0 saturated carbocycles. The number of halogens is 4. The van der Waals surface area contributed by atoms with E-state index in [0.29, 0.717) is 0 Å². The topological polar surface area (TPSA) is 0 Å². The molecule has 0 aromatic rings. The second-order valence-electron chi connectivity index (χ2n) is 4.03. The number of allylic oxidation sites excluding steroid dienone is 4. The summed E-state index contributed by atoms with van der Waals surface area (Å²) in [5.41, 5.74) is 0. The van der Waals surface area contributed by atoms with E-state index in [-0.39, 0.29) is 16.5 Å². The summed E-state index contributed by atoms with van der Waals surface area (Å²) >= 11 is 0. The molecule has 0 bridgehead atoms. The van der Waals surface area contributed by atoms with Gasteiger partial charge in [0.2, 0.25) is 0 Å². The second kappa shape index (κ2) is 15.5. The number of hydrogen-bond acceptors (Lipinski definition) is 0. The molecule has 0 aromatic heterocycles. The van der Waals surface area contributed by atoms with E-state index in [9.17, 15) is 17.6 Å². The third-order valence-electron chi connectivity index (χ3n) is 2.47. The van der Waals surface area contributed by atoms with Crippen LogP contribution in [-0.4, -0.2) is 0 Å². The molecule has 0 N–H and O–H groups in total. The summed E-state index contributed by atoms with van der Waals surface area (Å²) in [4.78, 5) is 0. The normalized spacial score (nSPS) is 16.0. The van der Waals surface area contributed by atoms with Crippen LogP contribution in [0, 0.1) is 0 Å². The summed E-state index contributed by atoms with van der Waals surface area (Å²) in [7, 11) is 0. The van der Waals surface area contributed by atoms with Crippen molar-refractivity contribution in [3.05, 3.63) is 36.5 Å². The molecular formula is C14H20F4Ni. The Balaban J connectivity index is 0. The van der Waals surface area contributed by atoms with Crippen molar-refractivity contribution >= 4 is 0 Å². The van der Waals surface area contributed by atoms with Gasteiger partial charge in [-0.15, -0.1) is 0 Å². The van der Waals surface area contributed by atoms with Gasteiger partial charge in [-0.25, -0.2) is 0 Å². The van der Waals surface area contributed by atoms with Crippen LogP contribution < -0.4 is 0 Å². The first-order chi connectivity index (χ1) is 8.64. The van der Waals surface area contributed by atoms with Crippen molar-refractivity contribution in [2.75, 3.05) is 0 Å². The van der Waals surface area contributed by atoms with Crippen LogP contribution in [0.3, 0.4) is 0 Å². The molecule has 1 aliphatic rings. The van der Waals surface area contributed by atoms with Gasteiger partial charge in [0.15, 0.2) is 0 Å². The van der Waals surface area contributed by atoms with Gasteiger partial charge in [0.25, 0.3) is 0 Å². The van der Waals surface area contributed by atoms with E-state index in [1.165, 1.54) is 51.4 Å². The van der Waals surface area contributed by atoms with Crippen LogP contribution in [0.1, 0.15) is 51.4 Å². The fourth-order valence-electron chi connectivity index (χ4n) is 1.54. The molecule has 0 amide bonds. The van der Waals surface area contributed by atoms with Crippen LogP contribution in [0.25, 0.3) is 0 Å². The van der Waals surface area contributed by atoms with E-state index in [2.05, 4.69) is 24.3 Å². The van der Waals surface area contributed by atoms with Gasteiger partial charge in [-0.05, 0) is 38.5 Å². The summed E-state index contributed by atoms with van der Waals surface area (Å²) < 4.78 is 41.1. The molecule has 19 heavy (non-hydrogen) atoms. The van der Waals surface area contributed by atoms with Crippen molar-refractivity contribution < 1.29 is 34.1 Å². The standard InChI is InChI=1S/C12H20.C2F4.Ni/c1-2-4-6-8-10-12-11-9-7-5-3-1;3-1(4)2(5)6;/h1-2,7,9H,3-6,8,10-12H2;;. The Kier molecular flexibility index (Phi) is 16.9. The SMILES string of the molecule is C1=CCCCCCCC=CCC1.FC(F)=C(F)F.[Ni]. The van der Waals surface area contributed by atoms with Gasteiger partial charge >= 0.3 is 12.2 Å². The summed E-state index contributed by atoms with van der Waals surface area (Å²) in [5.74, 6) is 0. The number of rotatable bonds is 0. The zero-order valence-corrected chi connectivity index (χ0v) is 11.8. The molecule has 1 rings (SSSR count). The molecule has 0 unspecified atom stereocenters. The Hall–Kier alpha value is -0.566. The van der Waals surface area contributed by atoms with Crippen LogP contribution in [-0.2, 0) is 16.5 Å². The van der Waals surface area contributed by atoms with Crippen molar-refractivity contribution in [3.63, 3.8) is 0 Å². The quantitative estimate of drug-likeness (QED) is 0.282. The molecule has 1 aliphatic carbocycles. The van der Waals surface area contributed by atoms with E-state index in [0.717, 1.165) is 0 Å². The molecule has 0 fully saturated rings. The third kappa shape index (κ3) is 17.4. The first-order valence-electron chi connectivity index (χ1n) is 6.31. The molecule has 5 heteroatoms. The summed E-state index contributed by atoms with van der Waals surface area (Å²) in [6.07, 6.45) is 14.2.